The molecule has 1 unspecified atom stereocenters. The molecular weight excluding hydrogens is 416 g/mol. The van der Waals surface area contributed by atoms with Gasteiger partial charge in [0.15, 0.2) is 0 Å². The Balaban J connectivity index is 2.40. The third kappa shape index (κ3) is 6.77. The van der Waals surface area contributed by atoms with Gasteiger partial charge in [-0.1, -0.05) is 24.3 Å². The molecule has 8 nitrogen and oxygen atoms in total. The lowest BCUT2D eigenvalue weighted by molar-refractivity contribution is -0.131. The van der Waals surface area contributed by atoms with Crippen LogP contribution in [0.15, 0.2) is 48.5 Å². The summed E-state index contributed by atoms with van der Waals surface area (Å²) in [6, 6.07) is 13.9. The smallest absolute Gasteiger partial charge is 0.119 e. The first-order valence-corrected chi connectivity index (χ1v) is 10.5. The van der Waals surface area contributed by atoms with Crippen molar-refractivity contribution in [3.8, 4) is 11.5 Å². The first-order chi connectivity index (χ1) is 15.3. The normalized spacial score (nSPS) is 16.7. The molecule has 6 N–H and O–H groups in total. The van der Waals surface area contributed by atoms with Gasteiger partial charge < -0.3 is 40.1 Å². The second-order valence-corrected chi connectivity index (χ2v) is 7.23. The van der Waals surface area contributed by atoms with E-state index in [1.54, 1.807) is 54.6 Å². The Kier molecular flexibility index (Phi) is 10.1. The van der Waals surface area contributed by atoms with Crippen molar-refractivity contribution in [2.75, 3.05) is 19.8 Å². The molecule has 0 fully saturated rings. The summed E-state index contributed by atoms with van der Waals surface area (Å²) in [4.78, 5) is 0. The lowest BCUT2D eigenvalue weighted by Crippen LogP contribution is -2.50. The molecule has 0 aliphatic carbocycles. The molecule has 2 rings (SSSR count). The number of aliphatic hydroxyl groups is 6. The maximum Gasteiger partial charge on any atom is 0.119 e. The van der Waals surface area contributed by atoms with E-state index in [9.17, 15) is 25.5 Å². The minimum Gasteiger partial charge on any atom is -0.494 e. The van der Waals surface area contributed by atoms with Gasteiger partial charge in [-0.05, 0) is 60.9 Å². The monoisotopic (exact) mass is 448 g/mol. The van der Waals surface area contributed by atoms with Crippen molar-refractivity contribution in [3.05, 3.63) is 59.7 Å². The number of ether oxygens (including phenoxy) is 2. The molecule has 0 saturated carbocycles. The summed E-state index contributed by atoms with van der Waals surface area (Å²) in [5.41, 5.74) is 1.53. The van der Waals surface area contributed by atoms with E-state index >= 15 is 0 Å². The lowest BCUT2D eigenvalue weighted by Gasteiger charge is -2.30. The van der Waals surface area contributed by atoms with Gasteiger partial charge in [0.25, 0.3) is 0 Å². The van der Waals surface area contributed by atoms with Gasteiger partial charge in [0.2, 0.25) is 0 Å². The highest BCUT2D eigenvalue weighted by Crippen LogP contribution is 2.28. The molecule has 0 saturated heterocycles. The van der Waals surface area contributed by atoms with Crippen LogP contribution in [0.25, 0.3) is 11.6 Å². The summed E-state index contributed by atoms with van der Waals surface area (Å²) >= 11 is 0. The van der Waals surface area contributed by atoms with Crippen LogP contribution >= 0.6 is 0 Å². The van der Waals surface area contributed by atoms with Crippen LogP contribution in [0.1, 0.15) is 25.0 Å². The molecule has 8 heteroatoms. The van der Waals surface area contributed by atoms with Crippen LogP contribution in [-0.2, 0) is 0 Å². The highest BCUT2D eigenvalue weighted by Gasteiger charge is 2.35. The Morgan fingerprint density at radius 1 is 0.750 bits per heavy atom. The fourth-order valence-electron chi connectivity index (χ4n) is 3.16. The number of hydrogen-bond donors (Lipinski definition) is 6. The zero-order valence-electron chi connectivity index (χ0n) is 18.2. The van der Waals surface area contributed by atoms with Gasteiger partial charge in [-0.3, -0.25) is 0 Å². The molecule has 0 heterocycles. The van der Waals surface area contributed by atoms with Crippen molar-refractivity contribution in [2.45, 2.75) is 44.4 Å². The van der Waals surface area contributed by atoms with Crippen LogP contribution in [0.5, 0.6) is 11.5 Å². The van der Waals surface area contributed by atoms with Crippen LogP contribution in [0, 0.1) is 0 Å². The van der Waals surface area contributed by atoms with Gasteiger partial charge >= 0.3 is 0 Å². The molecule has 0 aliphatic heterocycles. The molecular formula is C24H32O8. The summed E-state index contributed by atoms with van der Waals surface area (Å²) in [6.07, 6.45) is -7.24. The van der Waals surface area contributed by atoms with E-state index < -0.39 is 37.1 Å². The average molecular weight is 449 g/mol. The standard InChI is InChI=1S/C24H32O8/c1-3-31-17-9-5-15(6-10-17)13-19(16-7-11-18(12-8-16)32-4-2)21(27)23(29)24(30)22(28)20(26)14-25/h5-13,20-30H,3-4,14H2,1-2H3/b19-13+/t20-,21?,22+,23+,24-/m0/s1. The van der Waals surface area contributed by atoms with Gasteiger partial charge in [0.1, 0.15) is 42.0 Å². The topological polar surface area (TPSA) is 140 Å². The van der Waals surface area contributed by atoms with Gasteiger partial charge in [-0.2, -0.15) is 0 Å². The molecule has 0 aromatic heterocycles. The van der Waals surface area contributed by atoms with Crippen LogP contribution in [0.3, 0.4) is 0 Å². The molecule has 0 radical (unpaired) electrons. The van der Waals surface area contributed by atoms with E-state index in [4.69, 9.17) is 14.6 Å². The summed E-state index contributed by atoms with van der Waals surface area (Å²) in [5.74, 6) is 1.32. The second kappa shape index (κ2) is 12.5. The number of rotatable bonds is 12. The van der Waals surface area contributed by atoms with Crippen molar-refractivity contribution in [3.63, 3.8) is 0 Å². The second-order valence-electron chi connectivity index (χ2n) is 7.23. The Morgan fingerprint density at radius 2 is 1.25 bits per heavy atom. The highest BCUT2D eigenvalue weighted by molar-refractivity contribution is 5.84. The lowest BCUT2D eigenvalue weighted by atomic mass is 9.90. The molecule has 2 aromatic carbocycles. The highest BCUT2D eigenvalue weighted by atomic mass is 16.5. The Morgan fingerprint density at radius 3 is 1.72 bits per heavy atom. The van der Waals surface area contributed by atoms with E-state index in [0.717, 1.165) is 0 Å². The molecule has 32 heavy (non-hydrogen) atoms. The van der Waals surface area contributed by atoms with Crippen molar-refractivity contribution in [1.82, 2.24) is 0 Å². The quantitative estimate of drug-likeness (QED) is 0.262. The van der Waals surface area contributed by atoms with Gasteiger partial charge in [-0.25, -0.2) is 0 Å². The van der Waals surface area contributed by atoms with E-state index in [-0.39, 0.29) is 5.57 Å². The van der Waals surface area contributed by atoms with Crippen molar-refractivity contribution in [2.24, 2.45) is 0 Å². The summed E-state index contributed by atoms with van der Waals surface area (Å²) < 4.78 is 10.9. The van der Waals surface area contributed by atoms with Crippen LogP contribution < -0.4 is 9.47 Å². The van der Waals surface area contributed by atoms with Gasteiger partial charge in [0.05, 0.1) is 19.8 Å². The maximum atomic E-state index is 10.9. The van der Waals surface area contributed by atoms with Crippen LogP contribution in [-0.4, -0.2) is 81.0 Å². The summed E-state index contributed by atoms with van der Waals surface area (Å²) in [7, 11) is 0. The molecule has 2 aromatic rings. The number of hydrogen-bond acceptors (Lipinski definition) is 8. The third-order valence-electron chi connectivity index (χ3n) is 4.94. The minimum absolute atomic E-state index is 0.273. The minimum atomic E-state index is -1.90. The van der Waals surface area contributed by atoms with Gasteiger partial charge in [0, 0.05) is 0 Å². The first kappa shape index (κ1) is 25.8. The maximum absolute atomic E-state index is 10.9. The Bertz CT molecular complexity index is 834. The predicted molar refractivity (Wildman–Crippen MR) is 120 cm³/mol. The fraction of sp³-hybridized carbons (Fsp3) is 0.417. The van der Waals surface area contributed by atoms with E-state index in [1.165, 1.54) is 0 Å². The molecule has 0 amide bonds. The largest absolute Gasteiger partial charge is 0.494 e. The molecule has 0 aliphatic rings. The zero-order chi connectivity index (χ0) is 23.7. The SMILES string of the molecule is CCOc1ccc(/C=C(\c2ccc(OCC)cc2)C(O)[C@@H](O)[C@@H](O)[C@H](O)[C@@H](O)CO)cc1. The number of aliphatic hydroxyl groups excluding tert-OH is 6. The van der Waals surface area contributed by atoms with Crippen molar-refractivity contribution >= 4 is 11.6 Å². The first-order valence-electron chi connectivity index (χ1n) is 10.5. The van der Waals surface area contributed by atoms with E-state index in [2.05, 4.69) is 0 Å². The summed E-state index contributed by atoms with van der Waals surface area (Å²) in [5, 5.41) is 60.2. The third-order valence-corrected chi connectivity index (χ3v) is 4.94. The van der Waals surface area contributed by atoms with Crippen molar-refractivity contribution < 1.29 is 40.1 Å². The molecule has 0 spiro atoms. The molecule has 5 atom stereocenters. The number of benzene rings is 2. The molecule has 0 bridgehead atoms. The van der Waals surface area contributed by atoms with E-state index in [0.29, 0.717) is 35.8 Å². The van der Waals surface area contributed by atoms with E-state index in [1.807, 2.05) is 13.8 Å². The van der Waals surface area contributed by atoms with Gasteiger partial charge in [-0.15, -0.1) is 0 Å². The van der Waals surface area contributed by atoms with Crippen LogP contribution in [0.4, 0.5) is 0 Å². The van der Waals surface area contributed by atoms with Crippen LogP contribution in [0.2, 0.25) is 0 Å². The zero-order valence-corrected chi connectivity index (χ0v) is 18.2. The predicted octanol–water partition coefficient (Wildman–Crippen LogP) is 0.821. The fourth-order valence-corrected chi connectivity index (χ4v) is 3.16. The average Bonchev–Trinajstić information content (AvgIpc) is 2.82. The Labute approximate surface area is 187 Å². The van der Waals surface area contributed by atoms with Crippen molar-refractivity contribution in [1.29, 1.82) is 0 Å². The summed E-state index contributed by atoms with van der Waals surface area (Å²) in [6.45, 7) is 3.95. The molecule has 176 valence electrons. The Hall–Kier alpha value is -2.46.